The van der Waals surface area contributed by atoms with E-state index in [1.54, 1.807) is 0 Å². The summed E-state index contributed by atoms with van der Waals surface area (Å²) in [6, 6.07) is 0. The zero-order chi connectivity index (χ0) is 5.98. The van der Waals surface area contributed by atoms with E-state index in [0.717, 1.165) is 6.54 Å². The quantitative estimate of drug-likeness (QED) is 0.365. The van der Waals surface area contributed by atoms with Crippen LogP contribution in [0.1, 0.15) is 7.85 Å². The predicted molar refractivity (Wildman–Crippen MR) is 31.3 cm³/mol. The minimum absolute atomic E-state index is 0. The van der Waals surface area contributed by atoms with Gasteiger partial charge in [0, 0.05) is 13.0 Å². The Morgan fingerprint density at radius 1 is 1.89 bits per heavy atom. The normalized spacial score (nSPS) is 25.0. The van der Waals surface area contributed by atoms with Crippen molar-refractivity contribution in [1.82, 2.24) is 5.32 Å². The summed E-state index contributed by atoms with van der Waals surface area (Å²) in [6.07, 6.45) is 0.622. The molecule has 9 heavy (non-hydrogen) atoms. The Bertz CT molecular complexity index is 112. The van der Waals surface area contributed by atoms with Gasteiger partial charge < -0.3 is 12.5 Å². The minimum atomic E-state index is 0. The summed E-state index contributed by atoms with van der Waals surface area (Å²) in [7, 11) is 0. The molecule has 0 radical (unpaired) electrons. The van der Waals surface area contributed by atoms with Gasteiger partial charge in [-0.3, -0.25) is 4.79 Å². The second-order valence-electron chi connectivity index (χ2n) is 2.11. The molecule has 1 rings (SSSR count). The molecule has 1 atom stereocenters. The number of carbonyl (C=O) groups excluding carboxylic acids is 1. The molecule has 1 saturated heterocycles. The Morgan fingerprint density at radius 2 is 2.56 bits per heavy atom. The van der Waals surface area contributed by atoms with Crippen molar-refractivity contribution in [3.05, 3.63) is 0 Å². The molecule has 1 fully saturated rings. The molecule has 1 amide bonds. The monoisotopic (exact) mass is 138 g/mol. The molecule has 3 nitrogen and oxygen atoms in total. The van der Waals surface area contributed by atoms with Gasteiger partial charge in [-0.2, -0.15) is 0 Å². The van der Waals surface area contributed by atoms with Crippen LogP contribution in [-0.4, -0.2) is 19.0 Å². The Hall–Kier alpha value is 0.430. The van der Waals surface area contributed by atoms with E-state index in [-0.39, 0.29) is 36.9 Å². The fraction of sp³-hybridized carbons (Fsp3) is 0.800. The van der Waals surface area contributed by atoms with E-state index in [4.69, 9.17) is 5.73 Å². The molecule has 4 heteroatoms. The van der Waals surface area contributed by atoms with Gasteiger partial charge in [0.1, 0.15) is 0 Å². The maximum Gasteiger partial charge on any atom is 1.00 e. The van der Waals surface area contributed by atoms with E-state index in [2.05, 4.69) is 5.32 Å². The average Bonchev–Trinajstić information content (AvgIpc) is 2.14. The van der Waals surface area contributed by atoms with Gasteiger partial charge in [-0.15, -0.1) is 0 Å². The van der Waals surface area contributed by atoms with Crippen molar-refractivity contribution in [2.75, 3.05) is 13.1 Å². The molecule has 0 aliphatic carbocycles. The van der Waals surface area contributed by atoms with Gasteiger partial charge in [-0.1, -0.05) is 0 Å². The van der Waals surface area contributed by atoms with E-state index < -0.39 is 0 Å². The van der Waals surface area contributed by atoms with Gasteiger partial charge in [0.15, 0.2) is 0 Å². The molecular formula is C5H11N2NaO. The molecule has 0 bridgehead atoms. The summed E-state index contributed by atoms with van der Waals surface area (Å²) in [4.78, 5) is 10.4. The van der Waals surface area contributed by atoms with Crippen LogP contribution in [0.25, 0.3) is 0 Å². The van der Waals surface area contributed by atoms with Crippen LogP contribution in [0.2, 0.25) is 0 Å². The molecule has 0 aromatic rings. The van der Waals surface area contributed by atoms with Crippen LogP contribution in [0.5, 0.6) is 0 Å². The standard InChI is InChI=1S/C5H10N2O.Na.H/c6-2-4-1-5(8)7-3-4;;/h4H,1-3,6H2,(H,7,8);;/q;+1;-1. The van der Waals surface area contributed by atoms with Crippen molar-refractivity contribution in [1.29, 1.82) is 0 Å². The van der Waals surface area contributed by atoms with Gasteiger partial charge in [0.2, 0.25) is 5.91 Å². The maximum atomic E-state index is 10.4. The minimum Gasteiger partial charge on any atom is -1.00 e. The molecule has 1 heterocycles. The fourth-order valence-electron chi connectivity index (χ4n) is 0.831. The number of hydrogen-bond acceptors (Lipinski definition) is 2. The largest absolute Gasteiger partial charge is 1.00 e. The molecule has 1 aliphatic heterocycles. The van der Waals surface area contributed by atoms with Gasteiger partial charge in [0.05, 0.1) is 0 Å². The van der Waals surface area contributed by atoms with Crippen LogP contribution in [0, 0.1) is 5.92 Å². The molecule has 1 aliphatic rings. The van der Waals surface area contributed by atoms with Crippen molar-refractivity contribution in [3.8, 4) is 0 Å². The Labute approximate surface area is 78.1 Å². The summed E-state index contributed by atoms with van der Waals surface area (Å²) in [5.74, 6) is 0.531. The molecule has 1 unspecified atom stereocenters. The maximum absolute atomic E-state index is 10.4. The van der Waals surface area contributed by atoms with E-state index in [0.29, 0.717) is 18.9 Å². The zero-order valence-electron chi connectivity index (χ0n) is 6.68. The van der Waals surface area contributed by atoms with E-state index in [1.165, 1.54) is 0 Å². The van der Waals surface area contributed by atoms with Gasteiger partial charge in [0.25, 0.3) is 0 Å². The van der Waals surface area contributed by atoms with Crippen LogP contribution in [0.15, 0.2) is 0 Å². The average molecular weight is 138 g/mol. The van der Waals surface area contributed by atoms with Crippen LogP contribution in [0.4, 0.5) is 0 Å². The second-order valence-corrected chi connectivity index (χ2v) is 2.11. The van der Waals surface area contributed by atoms with Gasteiger partial charge in [-0.05, 0) is 12.5 Å². The molecule has 3 N–H and O–H groups in total. The Kier molecular flexibility index (Phi) is 4.48. The summed E-state index contributed by atoms with van der Waals surface area (Å²) in [6.45, 7) is 1.40. The first-order chi connectivity index (χ1) is 3.83. The van der Waals surface area contributed by atoms with Crippen LogP contribution in [-0.2, 0) is 4.79 Å². The fourth-order valence-corrected chi connectivity index (χ4v) is 0.831. The van der Waals surface area contributed by atoms with Crippen molar-refractivity contribution in [2.45, 2.75) is 6.42 Å². The SMILES string of the molecule is NCC1CNC(=O)C1.[H-].[Na+]. The number of nitrogens with two attached hydrogens (primary N) is 1. The Balaban J connectivity index is 0. The van der Waals surface area contributed by atoms with Crippen molar-refractivity contribution < 1.29 is 35.8 Å². The third-order valence-corrected chi connectivity index (χ3v) is 1.40. The van der Waals surface area contributed by atoms with E-state index in [9.17, 15) is 4.79 Å². The topological polar surface area (TPSA) is 55.1 Å². The summed E-state index contributed by atoms with van der Waals surface area (Å²) < 4.78 is 0. The van der Waals surface area contributed by atoms with E-state index in [1.807, 2.05) is 0 Å². The third-order valence-electron chi connectivity index (χ3n) is 1.40. The van der Waals surface area contributed by atoms with Crippen LogP contribution in [0.3, 0.4) is 0 Å². The molecular weight excluding hydrogens is 127 g/mol. The predicted octanol–water partition coefficient (Wildman–Crippen LogP) is -3.80. The Morgan fingerprint density at radius 3 is 2.78 bits per heavy atom. The first-order valence-corrected chi connectivity index (χ1v) is 2.79. The molecule has 0 spiro atoms. The smallest absolute Gasteiger partial charge is 1.00 e. The molecule has 48 valence electrons. The number of carbonyl (C=O) groups is 1. The molecule has 0 saturated carbocycles. The first kappa shape index (κ1) is 9.43. The van der Waals surface area contributed by atoms with Gasteiger partial charge in [-0.25, -0.2) is 0 Å². The summed E-state index contributed by atoms with van der Waals surface area (Å²) in [5, 5.41) is 2.70. The van der Waals surface area contributed by atoms with E-state index >= 15 is 0 Å². The summed E-state index contributed by atoms with van der Waals surface area (Å²) in [5.41, 5.74) is 5.30. The third kappa shape index (κ3) is 2.67. The molecule has 0 aromatic heterocycles. The van der Waals surface area contributed by atoms with Crippen LogP contribution >= 0.6 is 0 Å². The number of nitrogens with one attached hydrogen (secondary N) is 1. The first-order valence-electron chi connectivity index (χ1n) is 2.79. The van der Waals surface area contributed by atoms with Crippen molar-refractivity contribution >= 4 is 5.91 Å². The van der Waals surface area contributed by atoms with Crippen molar-refractivity contribution in [2.24, 2.45) is 11.7 Å². The number of rotatable bonds is 1. The number of amides is 1. The second kappa shape index (κ2) is 4.28. The van der Waals surface area contributed by atoms with Crippen LogP contribution < -0.4 is 40.6 Å². The number of hydrogen-bond donors (Lipinski definition) is 2. The molecule has 0 aromatic carbocycles. The zero-order valence-corrected chi connectivity index (χ0v) is 7.68. The summed E-state index contributed by atoms with van der Waals surface area (Å²) >= 11 is 0. The van der Waals surface area contributed by atoms with Crippen molar-refractivity contribution in [3.63, 3.8) is 0 Å². The van der Waals surface area contributed by atoms with Gasteiger partial charge >= 0.3 is 29.6 Å².